The van der Waals surface area contributed by atoms with E-state index in [2.05, 4.69) is 4.72 Å². The highest BCUT2D eigenvalue weighted by atomic mass is 32.2. The second-order valence-electron chi connectivity index (χ2n) is 5.24. The molecule has 6 heteroatoms. The SMILES string of the molecule is CCCNS(=O)(=O)N1CC2CCCC(N)C2C1. The predicted molar refractivity (Wildman–Crippen MR) is 67.6 cm³/mol. The van der Waals surface area contributed by atoms with Gasteiger partial charge in [-0.25, -0.2) is 4.72 Å². The van der Waals surface area contributed by atoms with E-state index in [1.54, 1.807) is 4.31 Å². The number of fused-ring (bicyclic) bond motifs is 1. The first-order valence-corrected chi connectivity index (χ1v) is 7.99. The molecular formula is C11H23N3O2S. The third-order valence-electron chi connectivity index (χ3n) is 3.99. The Kier molecular flexibility index (Phi) is 4.07. The molecule has 1 saturated heterocycles. The molecule has 1 aliphatic heterocycles. The van der Waals surface area contributed by atoms with Crippen molar-refractivity contribution in [2.45, 2.75) is 38.6 Å². The third-order valence-corrected chi connectivity index (χ3v) is 5.54. The summed E-state index contributed by atoms with van der Waals surface area (Å²) in [6, 6.07) is 0.181. The molecule has 0 aromatic carbocycles. The van der Waals surface area contributed by atoms with Crippen LogP contribution in [-0.2, 0) is 10.2 Å². The lowest BCUT2D eigenvalue weighted by Gasteiger charge is -2.29. The van der Waals surface area contributed by atoms with Crippen LogP contribution in [0, 0.1) is 11.8 Å². The number of nitrogens with zero attached hydrogens (tertiary/aromatic N) is 1. The highest BCUT2D eigenvalue weighted by Crippen LogP contribution is 2.36. The molecule has 0 radical (unpaired) electrons. The van der Waals surface area contributed by atoms with Crippen molar-refractivity contribution in [3.63, 3.8) is 0 Å². The Hall–Kier alpha value is -0.170. The largest absolute Gasteiger partial charge is 0.327 e. The minimum Gasteiger partial charge on any atom is -0.327 e. The van der Waals surface area contributed by atoms with E-state index < -0.39 is 10.2 Å². The van der Waals surface area contributed by atoms with E-state index in [1.807, 2.05) is 6.92 Å². The van der Waals surface area contributed by atoms with Crippen molar-refractivity contribution >= 4 is 10.2 Å². The molecule has 2 aliphatic rings. The van der Waals surface area contributed by atoms with Gasteiger partial charge in [-0.2, -0.15) is 12.7 Å². The van der Waals surface area contributed by atoms with Crippen molar-refractivity contribution in [2.24, 2.45) is 17.6 Å². The smallest absolute Gasteiger partial charge is 0.279 e. The van der Waals surface area contributed by atoms with Crippen LogP contribution in [0.3, 0.4) is 0 Å². The van der Waals surface area contributed by atoms with Crippen LogP contribution in [0.2, 0.25) is 0 Å². The quantitative estimate of drug-likeness (QED) is 0.764. The fourth-order valence-electron chi connectivity index (χ4n) is 2.99. The lowest BCUT2D eigenvalue weighted by atomic mass is 9.78. The molecule has 17 heavy (non-hydrogen) atoms. The summed E-state index contributed by atoms with van der Waals surface area (Å²) in [4.78, 5) is 0. The topological polar surface area (TPSA) is 75.4 Å². The van der Waals surface area contributed by atoms with Crippen LogP contribution in [0.4, 0.5) is 0 Å². The van der Waals surface area contributed by atoms with Crippen molar-refractivity contribution in [3.05, 3.63) is 0 Å². The summed E-state index contributed by atoms with van der Waals surface area (Å²) in [6.45, 7) is 3.73. The van der Waals surface area contributed by atoms with Crippen LogP contribution in [0.15, 0.2) is 0 Å². The molecule has 1 heterocycles. The molecule has 0 aromatic heterocycles. The number of nitrogens with two attached hydrogens (primary N) is 1. The monoisotopic (exact) mass is 261 g/mol. The van der Waals surface area contributed by atoms with Gasteiger partial charge in [0, 0.05) is 25.7 Å². The van der Waals surface area contributed by atoms with Gasteiger partial charge < -0.3 is 5.73 Å². The second-order valence-corrected chi connectivity index (χ2v) is 6.99. The molecule has 0 amide bonds. The first-order chi connectivity index (χ1) is 8.04. The molecule has 100 valence electrons. The molecule has 0 bridgehead atoms. The Morgan fingerprint density at radius 2 is 2.12 bits per heavy atom. The standard InChI is InChI=1S/C11H23N3O2S/c1-2-6-13-17(15,16)14-7-9-4-3-5-11(12)10(9)8-14/h9-11,13H,2-8,12H2,1H3. The molecular weight excluding hydrogens is 238 g/mol. The van der Waals surface area contributed by atoms with Crippen LogP contribution in [0.5, 0.6) is 0 Å². The van der Waals surface area contributed by atoms with Crippen molar-refractivity contribution in [3.8, 4) is 0 Å². The summed E-state index contributed by atoms with van der Waals surface area (Å²) < 4.78 is 28.3. The zero-order chi connectivity index (χ0) is 12.5. The molecule has 3 unspecified atom stereocenters. The predicted octanol–water partition coefficient (Wildman–Crippen LogP) is 0.290. The van der Waals surface area contributed by atoms with Gasteiger partial charge in [0.2, 0.25) is 0 Å². The van der Waals surface area contributed by atoms with Crippen molar-refractivity contribution in [2.75, 3.05) is 19.6 Å². The maximum atomic E-state index is 12.0. The lowest BCUT2D eigenvalue weighted by Crippen LogP contribution is -2.41. The highest BCUT2D eigenvalue weighted by molar-refractivity contribution is 7.87. The van der Waals surface area contributed by atoms with Crippen LogP contribution in [0.25, 0.3) is 0 Å². The summed E-state index contributed by atoms with van der Waals surface area (Å²) in [6.07, 6.45) is 4.12. The molecule has 3 N–H and O–H groups in total. The van der Waals surface area contributed by atoms with Crippen molar-refractivity contribution in [1.82, 2.24) is 9.03 Å². The van der Waals surface area contributed by atoms with E-state index in [4.69, 9.17) is 5.73 Å². The summed E-state index contributed by atoms with van der Waals surface area (Å²) in [5, 5.41) is 0. The van der Waals surface area contributed by atoms with Gasteiger partial charge in [0.25, 0.3) is 10.2 Å². The second kappa shape index (κ2) is 5.22. The van der Waals surface area contributed by atoms with Gasteiger partial charge in [0.05, 0.1) is 0 Å². The fourth-order valence-corrected chi connectivity index (χ4v) is 4.40. The van der Waals surface area contributed by atoms with Gasteiger partial charge in [-0.15, -0.1) is 0 Å². The fraction of sp³-hybridized carbons (Fsp3) is 1.00. The van der Waals surface area contributed by atoms with E-state index in [-0.39, 0.29) is 6.04 Å². The first-order valence-electron chi connectivity index (χ1n) is 6.55. The van der Waals surface area contributed by atoms with Gasteiger partial charge >= 0.3 is 0 Å². The zero-order valence-corrected chi connectivity index (χ0v) is 11.2. The number of hydrogen-bond acceptors (Lipinski definition) is 3. The van der Waals surface area contributed by atoms with Crippen LogP contribution < -0.4 is 10.5 Å². The minimum absolute atomic E-state index is 0.181. The maximum absolute atomic E-state index is 12.0. The first kappa shape index (κ1) is 13.3. The minimum atomic E-state index is -3.28. The molecule has 3 atom stereocenters. The van der Waals surface area contributed by atoms with Gasteiger partial charge in [0.15, 0.2) is 0 Å². The highest BCUT2D eigenvalue weighted by Gasteiger charge is 2.42. The molecule has 1 saturated carbocycles. The van der Waals surface area contributed by atoms with Crippen LogP contribution in [-0.4, -0.2) is 38.4 Å². The molecule has 0 aromatic rings. The summed E-state index contributed by atoms with van der Waals surface area (Å²) in [5.74, 6) is 0.832. The summed E-state index contributed by atoms with van der Waals surface area (Å²) in [5.41, 5.74) is 6.08. The van der Waals surface area contributed by atoms with Crippen molar-refractivity contribution in [1.29, 1.82) is 0 Å². The van der Waals surface area contributed by atoms with Gasteiger partial charge in [-0.1, -0.05) is 13.3 Å². The molecule has 5 nitrogen and oxygen atoms in total. The summed E-state index contributed by atoms with van der Waals surface area (Å²) >= 11 is 0. The van der Waals surface area contributed by atoms with Crippen molar-refractivity contribution < 1.29 is 8.42 Å². The van der Waals surface area contributed by atoms with E-state index in [0.29, 0.717) is 31.5 Å². The molecule has 2 fully saturated rings. The van der Waals surface area contributed by atoms with E-state index in [0.717, 1.165) is 25.7 Å². The normalized spacial score (nSPS) is 34.8. The van der Waals surface area contributed by atoms with E-state index in [9.17, 15) is 8.42 Å². The Balaban J connectivity index is 2.01. The Morgan fingerprint density at radius 1 is 1.35 bits per heavy atom. The molecule has 0 spiro atoms. The zero-order valence-electron chi connectivity index (χ0n) is 10.4. The number of rotatable bonds is 4. The van der Waals surface area contributed by atoms with E-state index >= 15 is 0 Å². The Labute approximate surface area is 104 Å². The molecule has 2 rings (SSSR count). The summed E-state index contributed by atoms with van der Waals surface area (Å²) in [7, 11) is -3.28. The molecule has 1 aliphatic carbocycles. The number of hydrogen-bond donors (Lipinski definition) is 2. The van der Waals surface area contributed by atoms with Crippen LogP contribution >= 0.6 is 0 Å². The number of nitrogens with one attached hydrogen (secondary N) is 1. The Bertz CT molecular complexity index is 358. The van der Waals surface area contributed by atoms with E-state index in [1.165, 1.54) is 0 Å². The van der Waals surface area contributed by atoms with Gasteiger partial charge in [-0.05, 0) is 31.1 Å². The Morgan fingerprint density at radius 3 is 2.76 bits per heavy atom. The van der Waals surface area contributed by atoms with Gasteiger partial charge in [-0.3, -0.25) is 0 Å². The third kappa shape index (κ3) is 2.81. The maximum Gasteiger partial charge on any atom is 0.279 e. The average Bonchev–Trinajstić information content (AvgIpc) is 2.72. The van der Waals surface area contributed by atoms with Crippen LogP contribution in [0.1, 0.15) is 32.6 Å². The average molecular weight is 261 g/mol. The lowest BCUT2D eigenvalue weighted by molar-refractivity contribution is 0.260. The van der Waals surface area contributed by atoms with Gasteiger partial charge in [0.1, 0.15) is 0 Å².